The lowest BCUT2D eigenvalue weighted by molar-refractivity contribution is 0.0531. The van der Waals surface area contributed by atoms with E-state index in [0.29, 0.717) is 30.2 Å². The van der Waals surface area contributed by atoms with Crippen LogP contribution in [0.25, 0.3) is 0 Å². The Balaban J connectivity index is 0.000000642. The van der Waals surface area contributed by atoms with Crippen molar-refractivity contribution in [3.8, 4) is 0 Å². The third-order valence-electron chi connectivity index (χ3n) is 3.45. The number of ether oxygens (including phenoxy) is 1. The number of amides is 1. The molecular formula is C23H30Cl2N2O4S2. The molecule has 0 spiro atoms. The third-order valence-corrected chi connectivity index (χ3v) is 5.45. The SMILES string of the molecule is CC(C)(C)OC(=O)NCCSC(=O)c1ccccc1.Cl.O=C(SCCNCl)c1ccccc1. The van der Waals surface area contributed by atoms with Gasteiger partial charge in [0.15, 0.2) is 0 Å². The number of halogens is 2. The molecule has 0 saturated heterocycles. The number of nitrogens with one attached hydrogen (secondary N) is 2. The molecule has 2 N–H and O–H groups in total. The Morgan fingerprint density at radius 1 is 0.818 bits per heavy atom. The fourth-order valence-electron chi connectivity index (χ4n) is 2.11. The summed E-state index contributed by atoms with van der Waals surface area (Å²) in [5, 5.41) is 2.71. The molecule has 0 heterocycles. The van der Waals surface area contributed by atoms with Crippen LogP contribution in [0, 0.1) is 0 Å². The van der Waals surface area contributed by atoms with Crippen molar-refractivity contribution in [2.24, 2.45) is 0 Å². The average molecular weight is 534 g/mol. The van der Waals surface area contributed by atoms with E-state index in [1.54, 1.807) is 32.9 Å². The number of hydrogen-bond acceptors (Lipinski definition) is 7. The van der Waals surface area contributed by atoms with Crippen LogP contribution in [0.1, 0.15) is 41.5 Å². The van der Waals surface area contributed by atoms with Crippen LogP contribution in [0.15, 0.2) is 60.7 Å². The van der Waals surface area contributed by atoms with Gasteiger partial charge >= 0.3 is 6.09 Å². The highest BCUT2D eigenvalue weighted by Gasteiger charge is 2.15. The number of hydrogen-bond donors (Lipinski definition) is 2. The highest BCUT2D eigenvalue weighted by molar-refractivity contribution is 8.14. The quantitative estimate of drug-likeness (QED) is 0.327. The molecule has 0 aliphatic carbocycles. The predicted molar refractivity (Wildman–Crippen MR) is 142 cm³/mol. The van der Waals surface area contributed by atoms with E-state index in [4.69, 9.17) is 16.5 Å². The summed E-state index contributed by atoms with van der Waals surface area (Å²) >= 11 is 7.70. The van der Waals surface area contributed by atoms with E-state index in [1.807, 2.05) is 48.5 Å². The molecule has 0 unspecified atom stereocenters. The Labute approximate surface area is 215 Å². The fraction of sp³-hybridized carbons (Fsp3) is 0.348. The van der Waals surface area contributed by atoms with Gasteiger partial charge in [-0.05, 0) is 32.5 Å². The maximum Gasteiger partial charge on any atom is 0.407 e. The minimum absolute atomic E-state index is 0. The van der Waals surface area contributed by atoms with Crippen molar-refractivity contribution >= 4 is 64.0 Å². The maximum absolute atomic E-state index is 11.7. The van der Waals surface area contributed by atoms with E-state index in [9.17, 15) is 14.4 Å². The molecule has 10 heteroatoms. The highest BCUT2D eigenvalue weighted by atomic mass is 35.5. The summed E-state index contributed by atoms with van der Waals surface area (Å²) in [5.41, 5.74) is 0.906. The minimum atomic E-state index is -0.503. The summed E-state index contributed by atoms with van der Waals surface area (Å²) in [5.74, 6) is 1.21. The van der Waals surface area contributed by atoms with Crippen LogP contribution in [-0.2, 0) is 4.74 Å². The topological polar surface area (TPSA) is 84.5 Å². The van der Waals surface area contributed by atoms with Gasteiger partial charge in [0.05, 0.1) is 0 Å². The van der Waals surface area contributed by atoms with Crippen molar-refractivity contribution in [3.05, 3.63) is 71.8 Å². The number of rotatable bonds is 8. The molecule has 0 aromatic heterocycles. The molecule has 33 heavy (non-hydrogen) atoms. The van der Waals surface area contributed by atoms with Gasteiger partial charge in [-0.15, -0.1) is 12.4 Å². The lowest BCUT2D eigenvalue weighted by Gasteiger charge is -2.19. The van der Waals surface area contributed by atoms with E-state index in [0.717, 1.165) is 5.56 Å². The Hall–Kier alpha value is -1.71. The zero-order valence-electron chi connectivity index (χ0n) is 18.8. The van der Waals surface area contributed by atoms with E-state index >= 15 is 0 Å². The molecule has 182 valence electrons. The molecule has 6 nitrogen and oxygen atoms in total. The van der Waals surface area contributed by atoms with Crippen molar-refractivity contribution in [3.63, 3.8) is 0 Å². The van der Waals surface area contributed by atoms with Gasteiger partial charge in [-0.25, -0.2) is 9.63 Å². The number of alkyl carbamates (subject to hydrolysis) is 1. The van der Waals surface area contributed by atoms with E-state index in [1.165, 1.54) is 23.5 Å². The Bertz CT molecular complexity index is 835. The van der Waals surface area contributed by atoms with Crippen LogP contribution in [0.2, 0.25) is 0 Å². The lowest BCUT2D eigenvalue weighted by Crippen LogP contribution is -2.33. The predicted octanol–water partition coefficient (Wildman–Crippen LogP) is 5.81. The number of benzene rings is 2. The minimum Gasteiger partial charge on any atom is -0.444 e. The van der Waals surface area contributed by atoms with Gasteiger partial charge in [-0.3, -0.25) is 9.59 Å². The van der Waals surface area contributed by atoms with Crippen LogP contribution in [0.4, 0.5) is 4.79 Å². The molecule has 0 fully saturated rings. The third kappa shape index (κ3) is 15.7. The largest absolute Gasteiger partial charge is 0.444 e. The molecule has 2 aromatic carbocycles. The number of thioether (sulfide) groups is 2. The van der Waals surface area contributed by atoms with Crippen LogP contribution >= 0.6 is 47.7 Å². The standard InChI is InChI=1S/C14H19NO3S.C9H10ClNOS.ClH/c1-14(2,3)18-13(17)15-9-10-19-12(16)11-7-5-4-6-8-11;10-11-6-7-13-9(12)8-4-2-1-3-5-8;/h4-8H,9-10H2,1-3H3,(H,15,17);1-5,11H,6-7H2;1H. The zero-order chi connectivity index (χ0) is 23.8. The first kappa shape index (κ1) is 31.3. The zero-order valence-corrected chi connectivity index (χ0v) is 22.0. The molecule has 0 atom stereocenters. The van der Waals surface area contributed by atoms with Gasteiger partial charge in [-0.1, -0.05) is 84.2 Å². The monoisotopic (exact) mass is 532 g/mol. The summed E-state index contributed by atoms with van der Waals surface area (Å²) < 4.78 is 5.09. The molecule has 2 rings (SSSR count). The van der Waals surface area contributed by atoms with E-state index in [2.05, 4.69) is 10.2 Å². The second-order valence-electron chi connectivity index (χ2n) is 7.32. The average Bonchev–Trinajstić information content (AvgIpc) is 2.77. The van der Waals surface area contributed by atoms with Crippen molar-refractivity contribution < 1.29 is 19.1 Å². The Kier molecular flexibility index (Phi) is 16.8. The summed E-state index contributed by atoms with van der Waals surface area (Å²) in [4.78, 5) is 37.0. The summed E-state index contributed by atoms with van der Waals surface area (Å²) in [6.45, 7) is 6.45. The van der Waals surface area contributed by atoms with Gasteiger partial charge in [0.1, 0.15) is 5.60 Å². The summed E-state index contributed by atoms with van der Waals surface area (Å²) in [6.07, 6.45) is -0.458. The second kappa shape index (κ2) is 17.7. The van der Waals surface area contributed by atoms with Gasteiger partial charge in [0.2, 0.25) is 10.2 Å². The second-order valence-corrected chi connectivity index (χ2v) is 9.72. The number of carbonyl (C=O) groups is 3. The van der Waals surface area contributed by atoms with Gasteiger partial charge < -0.3 is 10.1 Å². The Morgan fingerprint density at radius 2 is 1.24 bits per heavy atom. The van der Waals surface area contributed by atoms with Crippen LogP contribution in [0.3, 0.4) is 0 Å². The first-order valence-corrected chi connectivity index (χ1v) is 12.3. The maximum atomic E-state index is 11.7. The Morgan fingerprint density at radius 3 is 1.64 bits per heavy atom. The smallest absolute Gasteiger partial charge is 0.407 e. The molecule has 0 saturated carbocycles. The molecule has 0 radical (unpaired) electrons. The van der Waals surface area contributed by atoms with Crippen molar-refractivity contribution in [1.29, 1.82) is 0 Å². The van der Waals surface area contributed by atoms with Crippen molar-refractivity contribution in [1.82, 2.24) is 10.2 Å². The summed E-state index contributed by atoms with van der Waals surface area (Å²) in [7, 11) is 0. The fourth-order valence-corrected chi connectivity index (χ4v) is 3.70. The molecule has 0 aliphatic rings. The number of carbonyl (C=O) groups excluding carboxylic acids is 3. The summed E-state index contributed by atoms with van der Waals surface area (Å²) in [6, 6.07) is 18.3. The molecule has 0 aliphatic heterocycles. The van der Waals surface area contributed by atoms with Crippen molar-refractivity contribution in [2.75, 3.05) is 24.6 Å². The van der Waals surface area contributed by atoms with Gasteiger partial charge in [0.25, 0.3) is 0 Å². The van der Waals surface area contributed by atoms with Crippen LogP contribution in [-0.4, -0.2) is 46.5 Å². The normalized spacial score (nSPS) is 10.2. The highest BCUT2D eigenvalue weighted by Crippen LogP contribution is 2.12. The molecular weight excluding hydrogens is 503 g/mol. The molecule has 2 aromatic rings. The van der Waals surface area contributed by atoms with E-state index in [-0.39, 0.29) is 22.6 Å². The van der Waals surface area contributed by atoms with Crippen LogP contribution in [0.5, 0.6) is 0 Å². The van der Waals surface area contributed by atoms with Gasteiger partial charge in [0, 0.05) is 35.7 Å². The first-order chi connectivity index (χ1) is 15.2. The molecule has 0 bridgehead atoms. The first-order valence-electron chi connectivity index (χ1n) is 9.97. The van der Waals surface area contributed by atoms with Crippen molar-refractivity contribution in [2.45, 2.75) is 26.4 Å². The lowest BCUT2D eigenvalue weighted by atomic mass is 10.2. The van der Waals surface area contributed by atoms with Gasteiger partial charge in [-0.2, -0.15) is 0 Å². The van der Waals surface area contributed by atoms with Crippen LogP contribution < -0.4 is 10.2 Å². The van der Waals surface area contributed by atoms with E-state index < -0.39 is 11.7 Å². The molecule has 1 amide bonds.